The van der Waals surface area contributed by atoms with E-state index in [1.807, 2.05) is 66.9 Å². The van der Waals surface area contributed by atoms with Gasteiger partial charge in [0.1, 0.15) is 12.6 Å². The molecule has 0 spiro atoms. The largest absolute Gasteiger partial charge is 0.361 e. The zero-order chi connectivity index (χ0) is 19.8. The van der Waals surface area contributed by atoms with E-state index < -0.39 is 18.0 Å². The lowest BCUT2D eigenvalue weighted by atomic mass is 10.0. The molecule has 142 valence electrons. The molecule has 28 heavy (non-hydrogen) atoms. The molecule has 1 heterocycles. The number of hydrogen-bond acceptors (Lipinski definition) is 3. The highest BCUT2D eigenvalue weighted by Gasteiger charge is 2.22. The van der Waals surface area contributed by atoms with Crippen LogP contribution < -0.4 is 16.0 Å². The van der Waals surface area contributed by atoms with Crippen molar-refractivity contribution < 1.29 is 9.59 Å². The van der Waals surface area contributed by atoms with Crippen molar-refractivity contribution in [2.75, 3.05) is 6.54 Å². The fraction of sp³-hybridized carbons (Fsp3) is 0.190. The van der Waals surface area contributed by atoms with Gasteiger partial charge >= 0.3 is 6.03 Å². The van der Waals surface area contributed by atoms with Crippen LogP contribution in [0.1, 0.15) is 11.1 Å². The number of nitrogens with one attached hydrogen (secondary N) is 4. The molecule has 1 aromatic heterocycles. The molecule has 3 aromatic rings. The second-order valence-corrected chi connectivity index (χ2v) is 6.30. The highest BCUT2D eigenvalue weighted by molar-refractivity contribution is 5.89. The van der Waals surface area contributed by atoms with E-state index in [1.165, 1.54) is 0 Å². The van der Waals surface area contributed by atoms with Gasteiger partial charge in [-0.1, -0.05) is 48.5 Å². The Morgan fingerprint density at radius 1 is 1.04 bits per heavy atom. The molecule has 0 aliphatic carbocycles. The van der Waals surface area contributed by atoms with Crippen molar-refractivity contribution >= 4 is 22.8 Å². The van der Waals surface area contributed by atoms with E-state index in [-0.39, 0.29) is 6.54 Å². The number of para-hydroxylation sites is 1. The summed E-state index contributed by atoms with van der Waals surface area (Å²) in [5, 5.41) is 17.7. The molecule has 3 amide bonds. The van der Waals surface area contributed by atoms with Gasteiger partial charge in [0, 0.05) is 30.1 Å². The number of carbonyl (C=O) groups excluding carboxylic acids is 2. The fourth-order valence-electron chi connectivity index (χ4n) is 2.97. The van der Waals surface area contributed by atoms with Gasteiger partial charge in [-0.3, -0.25) is 4.79 Å². The van der Waals surface area contributed by atoms with Crippen LogP contribution in [-0.2, 0) is 17.8 Å². The minimum Gasteiger partial charge on any atom is -0.361 e. The molecule has 2 aromatic carbocycles. The molecule has 3 rings (SSSR count). The van der Waals surface area contributed by atoms with Gasteiger partial charge in [-0.15, -0.1) is 0 Å². The Kier molecular flexibility index (Phi) is 6.26. The van der Waals surface area contributed by atoms with Crippen LogP contribution in [0.15, 0.2) is 60.8 Å². The van der Waals surface area contributed by atoms with Gasteiger partial charge in [0.15, 0.2) is 0 Å². The van der Waals surface area contributed by atoms with Crippen LogP contribution in [0, 0.1) is 11.3 Å². The molecule has 7 heteroatoms. The molecule has 1 unspecified atom stereocenters. The van der Waals surface area contributed by atoms with Gasteiger partial charge in [0.05, 0.1) is 6.07 Å². The number of fused-ring (bicyclic) bond motifs is 1. The maximum Gasteiger partial charge on any atom is 0.315 e. The molecule has 0 saturated carbocycles. The first-order valence-corrected chi connectivity index (χ1v) is 8.95. The second kappa shape index (κ2) is 9.24. The highest BCUT2D eigenvalue weighted by Crippen LogP contribution is 2.19. The number of amides is 3. The Labute approximate surface area is 162 Å². The van der Waals surface area contributed by atoms with Crippen molar-refractivity contribution in [3.05, 3.63) is 71.9 Å². The summed E-state index contributed by atoms with van der Waals surface area (Å²) in [6.07, 6.45) is 2.14. The highest BCUT2D eigenvalue weighted by atomic mass is 16.2. The second-order valence-electron chi connectivity index (χ2n) is 6.30. The zero-order valence-corrected chi connectivity index (χ0v) is 15.2. The van der Waals surface area contributed by atoms with Crippen LogP contribution in [0.5, 0.6) is 0 Å². The van der Waals surface area contributed by atoms with E-state index in [2.05, 4.69) is 20.9 Å². The van der Waals surface area contributed by atoms with E-state index in [9.17, 15) is 9.59 Å². The molecule has 0 aliphatic heterocycles. The molecule has 0 aliphatic rings. The molecule has 7 nitrogen and oxygen atoms in total. The summed E-state index contributed by atoms with van der Waals surface area (Å²) in [7, 11) is 0. The van der Waals surface area contributed by atoms with Crippen LogP contribution >= 0.6 is 0 Å². The number of nitriles is 1. The van der Waals surface area contributed by atoms with Crippen molar-refractivity contribution in [2.24, 2.45) is 0 Å². The minimum absolute atomic E-state index is 0.115. The summed E-state index contributed by atoms with van der Waals surface area (Å²) in [5.74, 6) is -0.401. The fourth-order valence-corrected chi connectivity index (χ4v) is 2.97. The summed E-state index contributed by atoms with van der Waals surface area (Å²) in [6, 6.07) is 17.9. The third-order valence-electron chi connectivity index (χ3n) is 4.36. The SMILES string of the molecule is N#CCNC(=O)C(Cc1c[nH]c2ccccc12)NC(=O)NCc1ccccc1. The van der Waals surface area contributed by atoms with Crippen molar-refractivity contribution in [1.82, 2.24) is 20.9 Å². The molecule has 0 fully saturated rings. The normalized spacial score (nSPS) is 11.4. The number of rotatable bonds is 7. The molecule has 4 N–H and O–H groups in total. The predicted octanol–water partition coefficient (Wildman–Crippen LogP) is 2.22. The Bertz CT molecular complexity index is 991. The summed E-state index contributed by atoms with van der Waals surface area (Å²) in [4.78, 5) is 27.9. The Hall–Kier alpha value is -3.79. The Morgan fingerprint density at radius 2 is 1.79 bits per heavy atom. The number of hydrogen-bond donors (Lipinski definition) is 4. The van der Waals surface area contributed by atoms with Crippen LogP contribution in [0.4, 0.5) is 4.79 Å². The van der Waals surface area contributed by atoms with Gasteiger partial charge in [0.25, 0.3) is 0 Å². The molecule has 0 saturated heterocycles. The lowest BCUT2D eigenvalue weighted by molar-refractivity contribution is -0.122. The van der Waals surface area contributed by atoms with Crippen molar-refractivity contribution in [3.8, 4) is 6.07 Å². The maximum absolute atomic E-state index is 12.5. The van der Waals surface area contributed by atoms with E-state index in [0.717, 1.165) is 22.0 Å². The third-order valence-corrected chi connectivity index (χ3v) is 4.36. The number of aromatic amines is 1. The van der Waals surface area contributed by atoms with Gasteiger partial charge in [-0.05, 0) is 17.2 Å². The van der Waals surface area contributed by atoms with Gasteiger partial charge in [-0.2, -0.15) is 5.26 Å². The zero-order valence-electron chi connectivity index (χ0n) is 15.2. The summed E-state index contributed by atoms with van der Waals surface area (Å²) in [5.41, 5.74) is 2.83. The lowest BCUT2D eigenvalue weighted by Crippen LogP contribution is -2.51. The summed E-state index contributed by atoms with van der Waals surface area (Å²) < 4.78 is 0. The van der Waals surface area contributed by atoms with Gasteiger partial charge in [-0.25, -0.2) is 4.79 Å². The minimum atomic E-state index is -0.802. The van der Waals surface area contributed by atoms with E-state index in [1.54, 1.807) is 0 Å². The Morgan fingerprint density at radius 3 is 2.57 bits per heavy atom. The van der Waals surface area contributed by atoms with E-state index in [4.69, 9.17) is 5.26 Å². The third kappa shape index (κ3) is 4.89. The summed E-state index contributed by atoms with van der Waals surface area (Å²) >= 11 is 0. The Balaban J connectivity index is 1.68. The number of carbonyl (C=O) groups is 2. The quantitative estimate of drug-likeness (QED) is 0.475. The average Bonchev–Trinajstić information content (AvgIpc) is 3.13. The van der Waals surface area contributed by atoms with Crippen LogP contribution in [0.2, 0.25) is 0 Å². The molecule has 0 bridgehead atoms. The molecule has 0 radical (unpaired) electrons. The lowest BCUT2D eigenvalue weighted by Gasteiger charge is -2.18. The summed E-state index contributed by atoms with van der Waals surface area (Å²) in [6.45, 7) is 0.239. The first-order valence-electron chi connectivity index (χ1n) is 8.95. The molecule has 1 atom stereocenters. The monoisotopic (exact) mass is 375 g/mol. The smallest absolute Gasteiger partial charge is 0.315 e. The van der Waals surface area contributed by atoms with Crippen molar-refractivity contribution in [1.29, 1.82) is 5.26 Å². The number of H-pyrrole nitrogens is 1. The van der Waals surface area contributed by atoms with Crippen molar-refractivity contribution in [2.45, 2.75) is 19.0 Å². The van der Waals surface area contributed by atoms with Crippen molar-refractivity contribution in [3.63, 3.8) is 0 Å². The standard InChI is InChI=1S/C21H21N5O2/c22-10-11-23-20(27)19(12-16-14-24-18-9-5-4-8-17(16)18)26-21(28)25-13-15-6-2-1-3-7-15/h1-9,14,19,24H,11-13H2,(H,23,27)(H2,25,26,28). The van der Waals surface area contributed by atoms with Crippen LogP contribution in [0.3, 0.4) is 0 Å². The number of aromatic nitrogens is 1. The van der Waals surface area contributed by atoms with Crippen LogP contribution in [-0.4, -0.2) is 29.5 Å². The topological polar surface area (TPSA) is 110 Å². The van der Waals surface area contributed by atoms with E-state index >= 15 is 0 Å². The molecular formula is C21H21N5O2. The van der Waals surface area contributed by atoms with Gasteiger partial charge in [0.2, 0.25) is 5.91 Å². The first kappa shape index (κ1) is 19.0. The van der Waals surface area contributed by atoms with Crippen LogP contribution in [0.25, 0.3) is 10.9 Å². The van der Waals surface area contributed by atoms with Gasteiger partial charge < -0.3 is 20.9 Å². The predicted molar refractivity (Wildman–Crippen MR) is 106 cm³/mol. The number of urea groups is 1. The maximum atomic E-state index is 12.5. The molecular weight excluding hydrogens is 354 g/mol. The number of nitrogens with zero attached hydrogens (tertiary/aromatic N) is 1. The van der Waals surface area contributed by atoms with E-state index in [0.29, 0.717) is 13.0 Å². The average molecular weight is 375 g/mol. The number of benzene rings is 2. The first-order chi connectivity index (χ1) is 13.7.